The van der Waals surface area contributed by atoms with Crippen molar-refractivity contribution in [2.45, 2.75) is 43.7 Å². The molecule has 1 amide bonds. The maximum Gasteiger partial charge on any atom is 0.237 e. The number of benzene rings is 2. The third-order valence-corrected chi connectivity index (χ3v) is 5.64. The van der Waals surface area contributed by atoms with Gasteiger partial charge in [0.25, 0.3) is 0 Å². The molecule has 160 valence electrons. The Balaban J connectivity index is 1.56. The average molecular weight is 437 g/mol. The third-order valence-electron chi connectivity index (χ3n) is 4.58. The van der Waals surface area contributed by atoms with Crippen molar-refractivity contribution in [1.29, 1.82) is 5.26 Å². The highest BCUT2D eigenvalue weighted by atomic mass is 32.2. The summed E-state index contributed by atoms with van der Waals surface area (Å²) in [5.74, 6) is 7.51. The van der Waals surface area contributed by atoms with E-state index in [2.05, 4.69) is 29.4 Å². The first-order chi connectivity index (χ1) is 14.9. The van der Waals surface area contributed by atoms with Crippen LogP contribution in [0.2, 0.25) is 0 Å². The molecule has 0 spiro atoms. The van der Waals surface area contributed by atoms with Gasteiger partial charge in [-0.25, -0.2) is 4.68 Å². The summed E-state index contributed by atoms with van der Waals surface area (Å²) >= 11 is 1.20. The number of amides is 1. The molecular weight excluding hydrogens is 412 g/mol. The number of rotatable bonds is 8. The zero-order valence-electron chi connectivity index (χ0n) is 17.6. The van der Waals surface area contributed by atoms with Crippen LogP contribution in [0.1, 0.15) is 43.6 Å². The lowest BCUT2D eigenvalue weighted by atomic mass is 10.0. The fourth-order valence-corrected chi connectivity index (χ4v) is 3.46. The molecule has 3 aromatic rings. The summed E-state index contributed by atoms with van der Waals surface area (Å²) < 4.78 is 7.09. The smallest absolute Gasteiger partial charge is 0.237 e. The number of nitrogen functional groups attached to an aromatic ring is 1. The van der Waals surface area contributed by atoms with Crippen molar-refractivity contribution >= 4 is 23.4 Å². The normalized spacial score (nSPS) is 11.7. The topological polar surface area (TPSA) is 119 Å². The van der Waals surface area contributed by atoms with Gasteiger partial charge in [-0.05, 0) is 54.8 Å². The van der Waals surface area contributed by atoms with Crippen LogP contribution in [-0.4, -0.2) is 26.0 Å². The molecule has 1 heterocycles. The molecule has 0 saturated heterocycles. The van der Waals surface area contributed by atoms with Gasteiger partial charge in [0.15, 0.2) is 5.82 Å². The minimum Gasteiger partial charge on any atom is -0.486 e. The van der Waals surface area contributed by atoms with E-state index in [4.69, 9.17) is 15.8 Å². The first-order valence-electron chi connectivity index (χ1n) is 9.77. The zero-order chi connectivity index (χ0) is 22.4. The molecule has 0 bridgehead atoms. The molecule has 2 aromatic carbocycles. The van der Waals surface area contributed by atoms with Crippen LogP contribution in [0.15, 0.2) is 53.7 Å². The SMILES string of the molecule is CC(Sc1nnc(COc2ccc(C(C)C)cc2)n1N)C(=O)Nc1ccc(C#N)cc1. The Morgan fingerprint density at radius 1 is 1.16 bits per heavy atom. The number of nitrogens with one attached hydrogen (secondary N) is 1. The van der Waals surface area contributed by atoms with Crippen LogP contribution in [0.4, 0.5) is 5.69 Å². The van der Waals surface area contributed by atoms with Crippen LogP contribution in [-0.2, 0) is 11.4 Å². The molecular formula is C22H24N6O2S. The number of hydrogen-bond donors (Lipinski definition) is 2. The highest BCUT2D eigenvalue weighted by molar-refractivity contribution is 8.00. The molecule has 0 aliphatic carbocycles. The predicted molar refractivity (Wildman–Crippen MR) is 120 cm³/mol. The van der Waals surface area contributed by atoms with Gasteiger partial charge in [0.2, 0.25) is 11.1 Å². The molecule has 0 radical (unpaired) electrons. The number of ether oxygens (including phenoxy) is 1. The molecule has 0 fully saturated rings. The number of anilines is 1. The molecule has 3 N–H and O–H groups in total. The number of aromatic nitrogens is 3. The predicted octanol–water partition coefficient (Wildman–Crippen LogP) is 3.69. The zero-order valence-corrected chi connectivity index (χ0v) is 18.4. The van der Waals surface area contributed by atoms with Crippen molar-refractivity contribution in [2.24, 2.45) is 0 Å². The van der Waals surface area contributed by atoms with Crippen molar-refractivity contribution in [1.82, 2.24) is 14.9 Å². The molecule has 0 saturated carbocycles. The minimum atomic E-state index is -0.459. The fourth-order valence-electron chi connectivity index (χ4n) is 2.67. The Morgan fingerprint density at radius 3 is 2.45 bits per heavy atom. The van der Waals surface area contributed by atoms with Crippen LogP contribution in [0.25, 0.3) is 0 Å². The summed E-state index contributed by atoms with van der Waals surface area (Å²) in [6.07, 6.45) is 0. The second-order valence-corrected chi connectivity index (χ2v) is 8.53. The molecule has 9 heteroatoms. The van der Waals surface area contributed by atoms with Crippen LogP contribution >= 0.6 is 11.8 Å². The Hall–Kier alpha value is -3.51. The molecule has 1 unspecified atom stereocenters. The van der Waals surface area contributed by atoms with Gasteiger partial charge in [-0.15, -0.1) is 10.2 Å². The van der Waals surface area contributed by atoms with E-state index in [1.54, 1.807) is 31.2 Å². The van der Waals surface area contributed by atoms with Crippen molar-refractivity contribution in [3.63, 3.8) is 0 Å². The highest BCUT2D eigenvalue weighted by Crippen LogP contribution is 2.23. The van der Waals surface area contributed by atoms with Gasteiger partial charge in [-0.3, -0.25) is 4.79 Å². The molecule has 1 atom stereocenters. The minimum absolute atomic E-state index is 0.164. The Morgan fingerprint density at radius 2 is 1.84 bits per heavy atom. The van der Waals surface area contributed by atoms with Gasteiger partial charge >= 0.3 is 0 Å². The van der Waals surface area contributed by atoms with Gasteiger partial charge in [0.1, 0.15) is 12.4 Å². The van der Waals surface area contributed by atoms with Gasteiger partial charge in [-0.1, -0.05) is 37.7 Å². The van der Waals surface area contributed by atoms with Crippen LogP contribution in [0.5, 0.6) is 5.75 Å². The number of nitrogens with zero attached hydrogens (tertiary/aromatic N) is 4. The lowest BCUT2D eigenvalue weighted by molar-refractivity contribution is -0.115. The summed E-state index contributed by atoms with van der Waals surface area (Å²) in [5.41, 5.74) is 2.38. The second-order valence-electron chi connectivity index (χ2n) is 7.22. The molecule has 3 rings (SSSR count). The standard InChI is InChI=1S/C22H24N6O2S/c1-14(2)17-6-10-19(11-7-17)30-13-20-26-27-22(28(20)24)31-15(3)21(29)25-18-8-4-16(12-23)5-9-18/h4-11,14-15H,13,24H2,1-3H3,(H,25,29). The third kappa shape index (κ3) is 5.77. The Kier molecular flexibility index (Phi) is 7.15. The quantitative estimate of drug-likeness (QED) is 0.408. The second kappa shape index (κ2) is 10.00. The van der Waals surface area contributed by atoms with Crippen molar-refractivity contribution < 1.29 is 9.53 Å². The number of hydrogen-bond acceptors (Lipinski definition) is 7. The van der Waals surface area contributed by atoms with Crippen LogP contribution < -0.4 is 15.9 Å². The molecule has 0 aliphatic heterocycles. The fraction of sp³-hybridized carbons (Fsp3) is 0.273. The van der Waals surface area contributed by atoms with Gasteiger partial charge in [0, 0.05) is 5.69 Å². The van der Waals surface area contributed by atoms with E-state index in [0.717, 1.165) is 5.75 Å². The summed E-state index contributed by atoms with van der Waals surface area (Å²) in [7, 11) is 0. The van der Waals surface area contributed by atoms with Crippen molar-refractivity contribution in [3.8, 4) is 11.8 Å². The molecule has 31 heavy (non-hydrogen) atoms. The summed E-state index contributed by atoms with van der Waals surface area (Å²) in [5, 5.41) is 19.8. The van der Waals surface area contributed by atoms with E-state index in [0.29, 0.717) is 28.1 Å². The van der Waals surface area contributed by atoms with E-state index in [-0.39, 0.29) is 12.5 Å². The van der Waals surface area contributed by atoms with Gasteiger partial charge in [-0.2, -0.15) is 5.26 Å². The summed E-state index contributed by atoms with van der Waals surface area (Å²) in [4.78, 5) is 12.5. The van der Waals surface area contributed by atoms with Gasteiger partial charge < -0.3 is 15.9 Å². The summed E-state index contributed by atoms with van der Waals surface area (Å²) in [6.45, 7) is 6.19. The number of nitriles is 1. The van der Waals surface area contributed by atoms with E-state index in [9.17, 15) is 4.79 Å². The van der Waals surface area contributed by atoms with Crippen LogP contribution in [0.3, 0.4) is 0 Å². The lowest BCUT2D eigenvalue weighted by Gasteiger charge is -2.12. The Labute approximate surface area is 185 Å². The first kappa shape index (κ1) is 22.2. The number of carbonyl (C=O) groups excluding carboxylic acids is 1. The number of nitrogens with two attached hydrogens (primary N) is 1. The van der Waals surface area contributed by atoms with Crippen molar-refractivity contribution in [3.05, 3.63) is 65.5 Å². The maximum absolute atomic E-state index is 12.5. The van der Waals surface area contributed by atoms with E-state index in [1.807, 2.05) is 30.3 Å². The molecule has 0 aliphatic rings. The average Bonchev–Trinajstić information content (AvgIpc) is 3.12. The van der Waals surface area contributed by atoms with Crippen LogP contribution in [0, 0.1) is 11.3 Å². The maximum atomic E-state index is 12.5. The number of carbonyl (C=O) groups is 1. The van der Waals surface area contributed by atoms with E-state index < -0.39 is 5.25 Å². The Bertz CT molecular complexity index is 1070. The number of thioether (sulfide) groups is 1. The van der Waals surface area contributed by atoms with Crippen molar-refractivity contribution in [2.75, 3.05) is 11.2 Å². The largest absolute Gasteiger partial charge is 0.486 e. The van der Waals surface area contributed by atoms with E-state index in [1.165, 1.54) is 22.0 Å². The monoisotopic (exact) mass is 436 g/mol. The van der Waals surface area contributed by atoms with E-state index >= 15 is 0 Å². The molecule has 8 nitrogen and oxygen atoms in total. The summed E-state index contributed by atoms with van der Waals surface area (Å²) in [6, 6.07) is 16.6. The van der Waals surface area contributed by atoms with Gasteiger partial charge in [0.05, 0.1) is 16.9 Å². The lowest BCUT2D eigenvalue weighted by Crippen LogP contribution is -2.24. The highest BCUT2D eigenvalue weighted by Gasteiger charge is 2.20. The first-order valence-corrected chi connectivity index (χ1v) is 10.6. The molecule has 1 aromatic heterocycles.